The van der Waals surface area contributed by atoms with Gasteiger partial charge in [-0.1, -0.05) is 39.5 Å². The molecule has 88 valence electrons. The van der Waals surface area contributed by atoms with Crippen molar-refractivity contribution >= 4 is 0 Å². The number of hydrogen-bond acceptors (Lipinski definition) is 2. The van der Waals surface area contributed by atoms with Gasteiger partial charge in [0, 0.05) is 12.5 Å². The lowest BCUT2D eigenvalue weighted by molar-refractivity contribution is 0.163. The molecular formula is C13H25NO. The highest BCUT2D eigenvalue weighted by Crippen LogP contribution is 1.88. The molecule has 0 aliphatic rings. The first-order valence-corrected chi connectivity index (χ1v) is 5.89. The molecule has 0 fully saturated rings. The molecule has 1 N–H and O–H groups in total. The maximum atomic E-state index is 5.38. The van der Waals surface area contributed by atoms with Gasteiger partial charge >= 0.3 is 0 Å². The Hall–Kier alpha value is -0.520. The molecule has 0 bridgehead atoms. The van der Waals surface area contributed by atoms with Crippen molar-refractivity contribution in [2.24, 2.45) is 11.8 Å². The summed E-state index contributed by atoms with van der Waals surface area (Å²) in [6.45, 7) is 12.1. The summed E-state index contributed by atoms with van der Waals surface area (Å²) < 4.78 is 5.38. The zero-order chi connectivity index (χ0) is 11.5. The number of hydrogen-bond donors (Lipinski definition) is 1. The van der Waals surface area contributed by atoms with Crippen molar-refractivity contribution in [1.82, 2.24) is 5.32 Å². The van der Waals surface area contributed by atoms with Gasteiger partial charge in [0.1, 0.15) is 6.61 Å². The van der Waals surface area contributed by atoms with Crippen molar-refractivity contribution in [2.75, 3.05) is 26.3 Å². The highest BCUT2D eigenvalue weighted by Gasteiger charge is 1.92. The van der Waals surface area contributed by atoms with Crippen LogP contribution in [0.1, 0.15) is 34.1 Å². The normalized spacial score (nSPS) is 10.5. The molecule has 0 saturated carbocycles. The Bertz CT molecular complexity index is 188. The zero-order valence-corrected chi connectivity index (χ0v) is 10.6. The van der Waals surface area contributed by atoms with Crippen LogP contribution in [0.4, 0.5) is 0 Å². The standard InChI is InChI=1S/C13H25NO/c1-12(2)7-5-9-15-10-6-8-14-11-13(3)4/h12-14H,6,8-11H2,1-4H3. The van der Waals surface area contributed by atoms with Gasteiger partial charge in [0.15, 0.2) is 0 Å². The van der Waals surface area contributed by atoms with E-state index in [0.717, 1.165) is 32.0 Å². The van der Waals surface area contributed by atoms with Gasteiger partial charge in [0.05, 0.1) is 0 Å². The van der Waals surface area contributed by atoms with Gasteiger partial charge in [-0.3, -0.25) is 0 Å². The number of rotatable bonds is 7. The average Bonchev–Trinajstić information content (AvgIpc) is 2.14. The Labute approximate surface area is 94.8 Å². The predicted octanol–water partition coefficient (Wildman–Crippen LogP) is 2.30. The Morgan fingerprint density at radius 1 is 1.20 bits per heavy atom. The van der Waals surface area contributed by atoms with Crippen LogP contribution < -0.4 is 5.32 Å². The predicted molar refractivity (Wildman–Crippen MR) is 65.8 cm³/mol. The maximum absolute atomic E-state index is 5.38. The first-order chi connectivity index (χ1) is 7.13. The minimum Gasteiger partial charge on any atom is -0.369 e. The molecule has 2 nitrogen and oxygen atoms in total. The minimum atomic E-state index is 0.446. The minimum absolute atomic E-state index is 0.446. The van der Waals surface area contributed by atoms with E-state index in [9.17, 15) is 0 Å². The summed E-state index contributed by atoms with van der Waals surface area (Å²) >= 11 is 0. The van der Waals surface area contributed by atoms with Crippen molar-refractivity contribution in [3.8, 4) is 11.8 Å². The molecule has 0 aromatic carbocycles. The van der Waals surface area contributed by atoms with Gasteiger partial charge in [0.2, 0.25) is 0 Å². The van der Waals surface area contributed by atoms with E-state index in [0.29, 0.717) is 12.5 Å². The molecule has 2 heteroatoms. The van der Waals surface area contributed by atoms with Crippen LogP contribution in [0.15, 0.2) is 0 Å². The Morgan fingerprint density at radius 2 is 1.93 bits per heavy atom. The van der Waals surface area contributed by atoms with E-state index < -0.39 is 0 Å². The molecule has 0 saturated heterocycles. The summed E-state index contributed by atoms with van der Waals surface area (Å²) in [7, 11) is 0. The average molecular weight is 211 g/mol. The molecule has 0 aliphatic carbocycles. The second-order valence-corrected chi connectivity index (χ2v) is 4.48. The van der Waals surface area contributed by atoms with E-state index in [-0.39, 0.29) is 0 Å². The Balaban J connectivity index is 3.10. The monoisotopic (exact) mass is 211 g/mol. The van der Waals surface area contributed by atoms with Gasteiger partial charge < -0.3 is 10.1 Å². The SMILES string of the molecule is CC(C)C#CCOCCCNCC(C)C. The van der Waals surface area contributed by atoms with Gasteiger partial charge in [-0.15, -0.1) is 0 Å². The van der Waals surface area contributed by atoms with Crippen molar-refractivity contribution in [3.63, 3.8) is 0 Å². The molecule has 15 heavy (non-hydrogen) atoms. The van der Waals surface area contributed by atoms with E-state index in [1.807, 2.05) is 0 Å². The molecule has 0 radical (unpaired) electrons. The van der Waals surface area contributed by atoms with E-state index in [1.165, 1.54) is 0 Å². The summed E-state index contributed by atoms with van der Waals surface area (Å²) in [6, 6.07) is 0. The second kappa shape index (κ2) is 10.0. The first-order valence-electron chi connectivity index (χ1n) is 5.89. The van der Waals surface area contributed by atoms with Gasteiger partial charge in [-0.25, -0.2) is 0 Å². The molecule has 0 rings (SSSR count). The fourth-order valence-electron chi connectivity index (χ4n) is 1.06. The molecule has 0 aromatic rings. The lowest BCUT2D eigenvalue weighted by Gasteiger charge is -2.06. The quantitative estimate of drug-likeness (QED) is 0.515. The van der Waals surface area contributed by atoms with E-state index in [1.54, 1.807) is 0 Å². The van der Waals surface area contributed by atoms with Crippen LogP contribution in [0.3, 0.4) is 0 Å². The summed E-state index contributed by atoms with van der Waals surface area (Å²) in [5.41, 5.74) is 0. The molecule has 0 spiro atoms. The van der Waals surface area contributed by atoms with Gasteiger partial charge in [-0.05, 0) is 25.4 Å². The van der Waals surface area contributed by atoms with Crippen LogP contribution in [0.5, 0.6) is 0 Å². The summed E-state index contributed by atoms with van der Waals surface area (Å²) in [5, 5.41) is 3.38. The lowest BCUT2D eigenvalue weighted by atomic mass is 10.2. The first kappa shape index (κ1) is 14.5. The van der Waals surface area contributed by atoms with Crippen LogP contribution in [-0.4, -0.2) is 26.3 Å². The van der Waals surface area contributed by atoms with Gasteiger partial charge in [0.25, 0.3) is 0 Å². The third kappa shape index (κ3) is 13.5. The second-order valence-electron chi connectivity index (χ2n) is 4.48. The lowest BCUT2D eigenvalue weighted by Crippen LogP contribution is -2.21. The highest BCUT2D eigenvalue weighted by molar-refractivity contribution is 5.01. The molecule has 0 unspecified atom stereocenters. The third-order valence-corrected chi connectivity index (χ3v) is 1.76. The van der Waals surface area contributed by atoms with Crippen LogP contribution in [-0.2, 0) is 4.74 Å². The van der Waals surface area contributed by atoms with Crippen LogP contribution >= 0.6 is 0 Å². The number of ether oxygens (including phenoxy) is 1. The molecule has 0 amide bonds. The zero-order valence-electron chi connectivity index (χ0n) is 10.6. The summed E-state index contributed by atoms with van der Waals surface area (Å²) in [5.74, 6) is 7.24. The van der Waals surface area contributed by atoms with Crippen molar-refractivity contribution in [3.05, 3.63) is 0 Å². The Kier molecular flexibility index (Phi) is 9.67. The van der Waals surface area contributed by atoms with E-state index in [2.05, 4.69) is 44.9 Å². The van der Waals surface area contributed by atoms with Crippen molar-refractivity contribution in [2.45, 2.75) is 34.1 Å². The third-order valence-electron chi connectivity index (χ3n) is 1.76. The summed E-state index contributed by atoms with van der Waals surface area (Å²) in [6.07, 6.45) is 1.07. The summed E-state index contributed by atoms with van der Waals surface area (Å²) in [4.78, 5) is 0. The Morgan fingerprint density at radius 3 is 2.53 bits per heavy atom. The fourth-order valence-corrected chi connectivity index (χ4v) is 1.06. The maximum Gasteiger partial charge on any atom is 0.107 e. The molecule has 0 aromatic heterocycles. The van der Waals surface area contributed by atoms with Crippen molar-refractivity contribution in [1.29, 1.82) is 0 Å². The molecule has 0 heterocycles. The van der Waals surface area contributed by atoms with E-state index in [4.69, 9.17) is 4.74 Å². The van der Waals surface area contributed by atoms with Crippen molar-refractivity contribution < 1.29 is 4.74 Å². The largest absolute Gasteiger partial charge is 0.369 e. The van der Waals surface area contributed by atoms with Crippen LogP contribution in [0.25, 0.3) is 0 Å². The molecule has 0 aliphatic heterocycles. The smallest absolute Gasteiger partial charge is 0.107 e. The van der Waals surface area contributed by atoms with E-state index >= 15 is 0 Å². The van der Waals surface area contributed by atoms with Crippen LogP contribution in [0, 0.1) is 23.7 Å². The molecular weight excluding hydrogens is 186 g/mol. The number of nitrogens with one attached hydrogen (secondary N) is 1. The molecule has 0 atom stereocenters. The van der Waals surface area contributed by atoms with Crippen LogP contribution in [0.2, 0.25) is 0 Å². The topological polar surface area (TPSA) is 21.3 Å². The highest BCUT2D eigenvalue weighted by atomic mass is 16.5. The van der Waals surface area contributed by atoms with Gasteiger partial charge in [-0.2, -0.15) is 0 Å². The fraction of sp³-hybridized carbons (Fsp3) is 0.846.